The smallest absolute Gasteiger partial charge is 0.148 e. The maximum atomic E-state index is 9.07. The number of rotatable bonds is 5. The predicted octanol–water partition coefficient (Wildman–Crippen LogP) is 2.38. The third kappa shape index (κ3) is 3.62. The van der Waals surface area contributed by atoms with Crippen LogP contribution in [-0.4, -0.2) is 39.3 Å². The SMILES string of the molecule is N#Cc1cccnc1Nc1cnn(CCN2CCCCC2)c1. The van der Waals surface area contributed by atoms with Gasteiger partial charge in [-0.15, -0.1) is 0 Å². The Morgan fingerprint density at radius 3 is 2.91 bits per heavy atom. The summed E-state index contributed by atoms with van der Waals surface area (Å²) in [6, 6.07) is 5.63. The van der Waals surface area contributed by atoms with Gasteiger partial charge in [-0.25, -0.2) is 4.98 Å². The summed E-state index contributed by atoms with van der Waals surface area (Å²) >= 11 is 0. The minimum absolute atomic E-state index is 0.531. The number of piperidine rings is 1. The number of hydrogen-bond acceptors (Lipinski definition) is 5. The molecule has 0 spiro atoms. The van der Waals surface area contributed by atoms with Crippen molar-refractivity contribution in [3.8, 4) is 6.07 Å². The maximum absolute atomic E-state index is 9.07. The van der Waals surface area contributed by atoms with Crippen LogP contribution in [0.3, 0.4) is 0 Å². The Morgan fingerprint density at radius 2 is 2.09 bits per heavy atom. The van der Waals surface area contributed by atoms with E-state index in [9.17, 15) is 0 Å². The highest BCUT2D eigenvalue weighted by atomic mass is 15.3. The molecule has 0 aromatic carbocycles. The quantitative estimate of drug-likeness (QED) is 0.917. The van der Waals surface area contributed by atoms with E-state index in [4.69, 9.17) is 5.26 Å². The van der Waals surface area contributed by atoms with Crippen molar-refractivity contribution in [2.45, 2.75) is 25.8 Å². The fourth-order valence-electron chi connectivity index (χ4n) is 2.71. The van der Waals surface area contributed by atoms with Crippen molar-refractivity contribution in [3.05, 3.63) is 36.3 Å². The fourth-order valence-corrected chi connectivity index (χ4v) is 2.71. The maximum Gasteiger partial charge on any atom is 0.148 e. The van der Waals surface area contributed by atoms with Gasteiger partial charge in [-0.2, -0.15) is 10.4 Å². The molecule has 0 unspecified atom stereocenters. The molecule has 1 saturated heterocycles. The number of anilines is 2. The van der Waals surface area contributed by atoms with Gasteiger partial charge in [-0.3, -0.25) is 4.68 Å². The first-order chi connectivity index (χ1) is 10.8. The zero-order valence-electron chi connectivity index (χ0n) is 12.6. The van der Waals surface area contributed by atoms with Gasteiger partial charge in [-0.1, -0.05) is 6.42 Å². The van der Waals surface area contributed by atoms with Crippen molar-refractivity contribution in [1.29, 1.82) is 5.26 Å². The lowest BCUT2D eigenvalue weighted by Crippen LogP contribution is -2.32. The number of nitrogens with zero attached hydrogens (tertiary/aromatic N) is 5. The number of pyridine rings is 1. The monoisotopic (exact) mass is 296 g/mol. The van der Waals surface area contributed by atoms with Gasteiger partial charge in [0.15, 0.2) is 0 Å². The van der Waals surface area contributed by atoms with Crippen LogP contribution < -0.4 is 5.32 Å². The molecule has 0 aliphatic carbocycles. The van der Waals surface area contributed by atoms with Gasteiger partial charge < -0.3 is 10.2 Å². The van der Waals surface area contributed by atoms with Crippen molar-refractivity contribution in [1.82, 2.24) is 19.7 Å². The van der Waals surface area contributed by atoms with E-state index in [0.29, 0.717) is 11.4 Å². The molecule has 6 heteroatoms. The van der Waals surface area contributed by atoms with Crippen LogP contribution in [0.15, 0.2) is 30.7 Å². The average molecular weight is 296 g/mol. The molecular formula is C16H20N6. The minimum atomic E-state index is 0.531. The predicted molar refractivity (Wildman–Crippen MR) is 84.8 cm³/mol. The highest BCUT2D eigenvalue weighted by Crippen LogP contribution is 2.17. The van der Waals surface area contributed by atoms with Crippen LogP contribution in [0.5, 0.6) is 0 Å². The highest BCUT2D eigenvalue weighted by Gasteiger charge is 2.10. The molecular weight excluding hydrogens is 276 g/mol. The number of hydrogen-bond donors (Lipinski definition) is 1. The molecule has 6 nitrogen and oxygen atoms in total. The van der Waals surface area contributed by atoms with E-state index in [1.54, 1.807) is 24.5 Å². The van der Waals surface area contributed by atoms with Gasteiger partial charge in [0.1, 0.15) is 11.9 Å². The zero-order valence-corrected chi connectivity index (χ0v) is 12.6. The largest absolute Gasteiger partial charge is 0.337 e. The number of nitriles is 1. The Morgan fingerprint density at radius 1 is 1.23 bits per heavy atom. The molecule has 0 bridgehead atoms. The van der Waals surface area contributed by atoms with E-state index >= 15 is 0 Å². The topological polar surface area (TPSA) is 69.8 Å². The van der Waals surface area contributed by atoms with E-state index in [-0.39, 0.29) is 0 Å². The van der Waals surface area contributed by atoms with Crippen molar-refractivity contribution in [2.24, 2.45) is 0 Å². The summed E-state index contributed by atoms with van der Waals surface area (Å²) in [5.41, 5.74) is 1.39. The molecule has 1 aliphatic rings. The zero-order chi connectivity index (χ0) is 15.2. The van der Waals surface area contributed by atoms with Crippen LogP contribution in [0.2, 0.25) is 0 Å². The Bertz CT molecular complexity index is 651. The van der Waals surface area contributed by atoms with Gasteiger partial charge >= 0.3 is 0 Å². The lowest BCUT2D eigenvalue weighted by molar-refractivity contribution is 0.218. The first-order valence-electron chi connectivity index (χ1n) is 7.72. The standard InChI is InChI=1S/C16H20N6/c17-11-14-5-4-6-18-16(14)20-15-12-19-22(13-15)10-9-21-7-2-1-3-8-21/h4-6,12-13H,1-3,7-10H2,(H,18,20). The molecule has 3 heterocycles. The highest BCUT2D eigenvalue weighted by molar-refractivity contribution is 5.61. The summed E-state index contributed by atoms with van der Waals surface area (Å²) in [4.78, 5) is 6.69. The molecule has 22 heavy (non-hydrogen) atoms. The van der Waals surface area contributed by atoms with Crippen molar-refractivity contribution >= 4 is 11.5 Å². The van der Waals surface area contributed by atoms with Gasteiger partial charge in [0.2, 0.25) is 0 Å². The molecule has 1 aliphatic heterocycles. The molecule has 2 aromatic rings. The lowest BCUT2D eigenvalue weighted by atomic mass is 10.1. The molecule has 0 atom stereocenters. The van der Waals surface area contributed by atoms with Crippen LogP contribution in [0.4, 0.5) is 11.5 Å². The second-order valence-electron chi connectivity index (χ2n) is 5.53. The summed E-state index contributed by atoms with van der Waals surface area (Å²) in [6.07, 6.45) is 9.37. The molecule has 3 rings (SSSR count). The van der Waals surface area contributed by atoms with E-state index < -0.39 is 0 Å². The molecule has 0 saturated carbocycles. The summed E-state index contributed by atoms with van der Waals surface area (Å²) in [6.45, 7) is 4.32. The van der Waals surface area contributed by atoms with Gasteiger partial charge in [0.25, 0.3) is 0 Å². The summed E-state index contributed by atoms with van der Waals surface area (Å²) in [5.74, 6) is 0.570. The van der Waals surface area contributed by atoms with Gasteiger partial charge in [-0.05, 0) is 38.1 Å². The minimum Gasteiger partial charge on any atom is -0.337 e. The molecule has 114 valence electrons. The molecule has 0 amide bonds. The van der Waals surface area contributed by atoms with E-state index in [0.717, 1.165) is 18.8 Å². The summed E-state index contributed by atoms with van der Waals surface area (Å²) in [7, 11) is 0. The Hall–Kier alpha value is -2.39. The molecule has 2 aromatic heterocycles. The Labute approximate surface area is 130 Å². The normalized spacial score (nSPS) is 15.4. The second kappa shape index (κ2) is 7.05. The number of aromatic nitrogens is 3. The van der Waals surface area contributed by atoms with Crippen molar-refractivity contribution < 1.29 is 0 Å². The van der Waals surface area contributed by atoms with Crippen LogP contribution in [0.1, 0.15) is 24.8 Å². The van der Waals surface area contributed by atoms with Crippen molar-refractivity contribution in [3.63, 3.8) is 0 Å². The van der Waals surface area contributed by atoms with Gasteiger partial charge in [0, 0.05) is 18.9 Å². The van der Waals surface area contributed by atoms with Crippen LogP contribution >= 0.6 is 0 Å². The summed E-state index contributed by atoms with van der Waals surface area (Å²) in [5, 5.41) is 16.6. The van der Waals surface area contributed by atoms with E-state index in [1.165, 1.54) is 32.4 Å². The third-order valence-electron chi connectivity index (χ3n) is 3.92. The first kappa shape index (κ1) is 14.5. The molecule has 1 N–H and O–H groups in total. The van der Waals surface area contributed by atoms with E-state index in [2.05, 4.69) is 26.4 Å². The van der Waals surface area contributed by atoms with Crippen LogP contribution in [0, 0.1) is 11.3 Å². The number of likely N-dealkylation sites (tertiary alicyclic amines) is 1. The van der Waals surface area contributed by atoms with E-state index in [1.807, 2.05) is 10.9 Å². The third-order valence-corrected chi connectivity index (χ3v) is 3.92. The Balaban J connectivity index is 1.58. The molecule has 1 fully saturated rings. The average Bonchev–Trinajstić information content (AvgIpc) is 3.02. The van der Waals surface area contributed by atoms with Crippen LogP contribution in [-0.2, 0) is 6.54 Å². The second-order valence-corrected chi connectivity index (χ2v) is 5.53. The fraction of sp³-hybridized carbons (Fsp3) is 0.438. The van der Waals surface area contributed by atoms with Crippen LogP contribution in [0.25, 0.3) is 0 Å². The Kier molecular flexibility index (Phi) is 4.66. The lowest BCUT2D eigenvalue weighted by Gasteiger charge is -2.26. The summed E-state index contributed by atoms with van der Waals surface area (Å²) < 4.78 is 1.94. The van der Waals surface area contributed by atoms with Gasteiger partial charge in [0.05, 0.1) is 24.0 Å². The van der Waals surface area contributed by atoms with Crippen molar-refractivity contribution in [2.75, 3.05) is 25.0 Å². The molecule has 0 radical (unpaired) electrons. The number of nitrogens with one attached hydrogen (secondary N) is 1. The first-order valence-corrected chi connectivity index (χ1v) is 7.72.